The molecule has 2 rings (SSSR count). The van der Waals surface area contributed by atoms with Gasteiger partial charge in [0.2, 0.25) is 0 Å². The summed E-state index contributed by atoms with van der Waals surface area (Å²) in [5.41, 5.74) is 1.22. The first-order chi connectivity index (χ1) is 6.65. The van der Waals surface area contributed by atoms with Crippen molar-refractivity contribution in [1.29, 1.82) is 5.26 Å². The van der Waals surface area contributed by atoms with Crippen molar-refractivity contribution in [2.24, 2.45) is 7.05 Å². The molecule has 0 radical (unpaired) electrons. The van der Waals surface area contributed by atoms with E-state index in [2.05, 4.69) is 4.98 Å². The summed E-state index contributed by atoms with van der Waals surface area (Å²) in [7, 11) is 1.60. The summed E-state index contributed by atoms with van der Waals surface area (Å²) in [6.45, 7) is 0. The zero-order chi connectivity index (χ0) is 10.3. The van der Waals surface area contributed by atoms with Crippen LogP contribution in [0, 0.1) is 11.3 Å². The maximum atomic E-state index is 11.3. The van der Waals surface area contributed by atoms with E-state index >= 15 is 0 Å². The molecule has 0 spiro atoms. The summed E-state index contributed by atoms with van der Waals surface area (Å²) >= 11 is 5.88. The summed E-state index contributed by atoms with van der Waals surface area (Å²) in [5.74, 6) is 0. The molecule has 1 aromatic heterocycles. The minimum absolute atomic E-state index is 0.274. The number of rotatable bonds is 0. The van der Waals surface area contributed by atoms with Crippen molar-refractivity contribution in [3.63, 3.8) is 0 Å². The zero-order valence-electron chi connectivity index (χ0n) is 7.34. The SMILES string of the molecule is Cn1c(=O)[nH]c2c(Cl)ccc(C#N)c21. The number of halogens is 1. The Kier molecular flexibility index (Phi) is 1.83. The Bertz CT molecular complexity index is 603. The van der Waals surface area contributed by atoms with Gasteiger partial charge < -0.3 is 4.98 Å². The van der Waals surface area contributed by atoms with Crippen molar-refractivity contribution in [3.05, 3.63) is 33.2 Å². The van der Waals surface area contributed by atoms with Crippen molar-refractivity contribution in [2.75, 3.05) is 0 Å². The number of fused-ring (bicyclic) bond motifs is 1. The fourth-order valence-corrected chi connectivity index (χ4v) is 1.62. The van der Waals surface area contributed by atoms with Crippen LogP contribution in [0.4, 0.5) is 0 Å². The van der Waals surface area contributed by atoms with Crippen molar-refractivity contribution < 1.29 is 0 Å². The van der Waals surface area contributed by atoms with Gasteiger partial charge in [-0.25, -0.2) is 4.79 Å². The lowest BCUT2D eigenvalue weighted by molar-refractivity contribution is 0.890. The first-order valence-corrected chi connectivity index (χ1v) is 4.30. The van der Waals surface area contributed by atoms with E-state index in [9.17, 15) is 4.79 Å². The van der Waals surface area contributed by atoms with E-state index in [1.54, 1.807) is 19.2 Å². The van der Waals surface area contributed by atoms with Crippen molar-refractivity contribution >= 4 is 22.6 Å². The van der Waals surface area contributed by atoms with Crippen molar-refractivity contribution in [1.82, 2.24) is 9.55 Å². The van der Waals surface area contributed by atoms with Crippen LogP contribution < -0.4 is 5.69 Å². The average molecular weight is 208 g/mol. The fraction of sp³-hybridized carbons (Fsp3) is 0.111. The first-order valence-electron chi connectivity index (χ1n) is 3.92. The molecule has 1 heterocycles. The second kappa shape index (κ2) is 2.89. The topological polar surface area (TPSA) is 61.6 Å². The molecule has 2 aromatic rings. The number of nitrogens with zero attached hydrogens (tertiary/aromatic N) is 2. The van der Waals surface area contributed by atoms with Gasteiger partial charge in [0, 0.05) is 7.05 Å². The summed E-state index contributed by atoms with van der Waals surface area (Å²) in [6, 6.07) is 5.20. The molecule has 0 saturated heterocycles. The normalized spacial score (nSPS) is 10.4. The van der Waals surface area contributed by atoms with Crippen LogP contribution in [0.3, 0.4) is 0 Å². The van der Waals surface area contributed by atoms with Gasteiger partial charge >= 0.3 is 5.69 Å². The number of hydrogen-bond donors (Lipinski definition) is 1. The van der Waals surface area contributed by atoms with Gasteiger partial charge in [0.25, 0.3) is 0 Å². The van der Waals surface area contributed by atoms with Gasteiger partial charge in [-0.3, -0.25) is 4.57 Å². The number of aryl methyl sites for hydroxylation is 1. The van der Waals surface area contributed by atoms with E-state index < -0.39 is 0 Å². The molecule has 0 aliphatic heterocycles. The van der Waals surface area contributed by atoms with Gasteiger partial charge in [-0.05, 0) is 12.1 Å². The van der Waals surface area contributed by atoms with E-state index in [1.807, 2.05) is 6.07 Å². The average Bonchev–Trinajstić information content (AvgIpc) is 2.47. The maximum absolute atomic E-state index is 11.3. The lowest BCUT2D eigenvalue weighted by Crippen LogP contribution is -2.12. The smallest absolute Gasteiger partial charge is 0.304 e. The molecule has 1 aromatic carbocycles. The number of aromatic nitrogens is 2. The Morgan fingerprint density at radius 2 is 2.29 bits per heavy atom. The lowest BCUT2D eigenvalue weighted by Gasteiger charge is -1.97. The molecule has 0 aliphatic rings. The third-order valence-corrected chi connectivity index (χ3v) is 2.43. The molecule has 0 atom stereocenters. The van der Waals surface area contributed by atoms with Crippen LogP contribution in [-0.4, -0.2) is 9.55 Å². The highest BCUT2D eigenvalue weighted by Crippen LogP contribution is 2.22. The summed E-state index contributed by atoms with van der Waals surface area (Å²) < 4.78 is 1.37. The van der Waals surface area contributed by atoms with Crippen LogP contribution in [0.5, 0.6) is 0 Å². The first kappa shape index (κ1) is 8.85. The third kappa shape index (κ3) is 1.03. The van der Waals surface area contributed by atoms with E-state index in [4.69, 9.17) is 16.9 Å². The van der Waals surface area contributed by atoms with E-state index in [0.29, 0.717) is 21.6 Å². The minimum atomic E-state index is -0.274. The fourth-order valence-electron chi connectivity index (χ4n) is 1.42. The summed E-state index contributed by atoms with van der Waals surface area (Å²) in [6.07, 6.45) is 0. The quantitative estimate of drug-likeness (QED) is 0.710. The van der Waals surface area contributed by atoms with Gasteiger partial charge in [-0.2, -0.15) is 5.26 Å². The predicted octanol–water partition coefficient (Wildman–Crippen LogP) is 1.39. The summed E-state index contributed by atoms with van der Waals surface area (Å²) in [5, 5.41) is 9.28. The Balaban J connectivity index is 3.09. The van der Waals surface area contributed by atoms with Crippen LogP contribution in [0.25, 0.3) is 11.0 Å². The Morgan fingerprint density at radius 3 is 2.93 bits per heavy atom. The molecule has 14 heavy (non-hydrogen) atoms. The zero-order valence-corrected chi connectivity index (χ0v) is 8.09. The third-order valence-electron chi connectivity index (χ3n) is 2.12. The lowest BCUT2D eigenvalue weighted by atomic mass is 10.2. The highest BCUT2D eigenvalue weighted by molar-refractivity contribution is 6.35. The predicted molar refractivity (Wildman–Crippen MR) is 53.3 cm³/mol. The molecule has 1 N–H and O–H groups in total. The Morgan fingerprint density at radius 1 is 1.57 bits per heavy atom. The van der Waals surface area contributed by atoms with E-state index in [0.717, 1.165) is 0 Å². The number of aromatic amines is 1. The van der Waals surface area contributed by atoms with E-state index in [1.165, 1.54) is 4.57 Å². The second-order valence-electron chi connectivity index (χ2n) is 2.92. The largest absolute Gasteiger partial charge is 0.326 e. The van der Waals surface area contributed by atoms with Crippen molar-refractivity contribution in [3.8, 4) is 6.07 Å². The van der Waals surface area contributed by atoms with Crippen LogP contribution in [0.2, 0.25) is 5.02 Å². The maximum Gasteiger partial charge on any atom is 0.326 e. The number of hydrogen-bond acceptors (Lipinski definition) is 2. The van der Waals surface area contributed by atoms with Crippen LogP contribution in [0.15, 0.2) is 16.9 Å². The molecular weight excluding hydrogens is 202 g/mol. The molecular formula is C9H6ClN3O. The standard InChI is InChI=1S/C9H6ClN3O/c1-13-8-5(4-11)2-3-6(10)7(8)12-9(13)14/h2-3H,1H3,(H,12,14). The molecule has 70 valence electrons. The number of H-pyrrole nitrogens is 1. The molecule has 0 fully saturated rings. The van der Waals surface area contributed by atoms with Gasteiger partial charge in [-0.1, -0.05) is 11.6 Å². The number of imidazole rings is 1. The van der Waals surface area contributed by atoms with Crippen LogP contribution in [0.1, 0.15) is 5.56 Å². The molecule has 0 amide bonds. The van der Waals surface area contributed by atoms with Gasteiger partial charge in [0.05, 0.1) is 21.6 Å². The van der Waals surface area contributed by atoms with Crippen molar-refractivity contribution in [2.45, 2.75) is 0 Å². The molecule has 0 aliphatic carbocycles. The molecule has 0 unspecified atom stereocenters. The summed E-state index contributed by atoms with van der Waals surface area (Å²) in [4.78, 5) is 13.9. The molecule has 5 heteroatoms. The Labute approximate surface area is 84.3 Å². The van der Waals surface area contributed by atoms with Gasteiger partial charge in [0.15, 0.2) is 0 Å². The highest BCUT2D eigenvalue weighted by Gasteiger charge is 2.10. The minimum Gasteiger partial charge on any atom is -0.304 e. The highest BCUT2D eigenvalue weighted by atomic mass is 35.5. The molecule has 4 nitrogen and oxygen atoms in total. The van der Waals surface area contributed by atoms with Gasteiger partial charge in [0.1, 0.15) is 6.07 Å². The van der Waals surface area contributed by atoms with Crippen LogP contribution in [-0.2, 0) is 7.05 Å². The molecule has 0 saturated carbocycles. The molecule has 0 bridgehead atoms. The monoisotopic (exact) mass is 207 g/mol. The van der Waals surface area contributed by atoms with Crippen LogP contribution >= 0.6 is 11.6 Å². The Hall–Kier alpha value is -1.73. The van der Waals surface area contributed by atoms with E-state index in [-0.39, 0.29) is 5.69 Å². The second-order valence-corrected chi connectivity index (χ2v) is 3.33. The number of benzene rings is 1. The number of nitriles is 1. The number of nitrogens with one attached hydrogen (secondary N) is 1. The van der Waals surface area contributed by atoms with Gasteiger partial charge in [-0.15, -0.1) is 0 Å².